The Morgan fingerprint density at radius 3 is 2.57 bits per heavy atom. The monoisotopic (exact) mass is 282 g/mol. The van der Waals surface area contributed by atoms with Crippen molar-refractivity contribution in [2.75, 3.05) is 0 Å². The molecule has 2 N–H and O–H groups in total. The van der Waals surface area contributed by atoms with Gasteiger partial charge in [-0.05, 0) is 67.3 Å². The van der Waals surface area contributed by atoms with Gasteiger partial charge in [0, 0.05) is 0 Å². The Bertz CT molecular complexity index is 614. The molecule has 2 heteroatoms. The lowest BCUT2D eigenvalue weighted by Crippen LogP contribution is -2.26. The van der Waals surface area contributed by atoms with Gasteiger partial charge in [0.1, 0.15) is 5.75 Å². The number of phenols is 1. The number of aromatic hydroxyl groups is 1. The number of aliphatic hydroxyl groups is 1. The summed E-state index contributed by atoms with van der Waals surface area (Å²) in [7, 11) is 0. The molecule has 3 rings (SSSR count). The Morgan fingerprint density at radius 1 is 1.10 bits per heavy atom. The minimum atomic E-state index is -0.872. The largest absolute Gasteiger partial charge is 0.508 e. The van der Waals surface area contributed by atoms with Crippen molar-refractivity contribution in [3.8, 4) is 5.75 Å². The van der Waals surface area contributed by atoms with Gasteiger partial charge >= 0.3 is 0 Å². The fourth-order valence-corrected chi connectivity index (χ4v) is 3.48. The minimum absolute atomic E-state index is 0.234. The van der Waals surface area contributed by atoms with Crippen LogP contribution in [0.1, 0.15) is 48.8 Å². The van der Waals surface area contributed by atoms with Gasteiger partial charge in [-0.2, -0.15) is 0 Å². The van der Waals surface area contributed by atoms with Crippen LogP contribution in [0.25, 0.3) is 0 Å². The van der Waals surface area contributed by atoms with E-state index >= 15 is 0 Å². The minimum Gasteiger partial charge on any atom is -0.508 e. The maximum atomic E-state index is 10.9. The van der Waals surface area contributed by atoms with Crippen molar-refractivity contribution in [3.05, 3.63) is 65.2 Å². The molecule has 2 aromatic carbocycles. The summed E-state index contributed by atoms with van der Waals surface area (Å²) >= 11 is 0. The number of benzene rings is 2. The molecule has 2 atom stereocenters. The molecule has 110 valence electrons. The van der Waals surface area contributed by atoms with Crippen LogP contribution in [-0.4, -0.2) is 10.2 Å². The zero-order valence-corrected chi connectivity index (χ0v) is 12.4. The SMILES string of the molecule is CC(O)(CC1CCCc2ccccc21)c1ccc(O)cc1. The molecule has 0 radical (unpaired) electrons. The van der Waals surface area contributed by atoms with E-state index in [0.29, 0.717) is 5.92 Å². The zero-order chi connectivity index (χ0) is 14.9. The van der Waals surface area contributed by atoms with Crippen LogP contribution in [0.15, 0.2) is 48.5 Å². The van der Waals surface area contributed by atoms with Crippen molar-refractivity contribution in [2.24, 2.45) is 0 Å². The predicted octanol–water partition coefficient (Wildman–Crippen LogP) is 4.11. The maximum Gasteiger partial charge on any atom is 0.115 e. The third-order valence-electron chi connectivity index (χ3n) is 4.63. The van der Waals surface area contributed by atoms with Crippen LogP contribution < -0.4 is 0 Å². The van der Waals surface area contributed by atoms with E-state index in [1.807, 2.05) is 19.1 Å². The van der Waals surface area contributed by atoms with E-state index in [4.69, 9.17) is 0 Å². The normalized spacial score (nSPS) is 20.6. The molecular weight excluding hydrogens is 260 g/mol. The Morgan fingerprint density at radius 2 is 1.81 bits per heavy atom. The Labute approximate surface area is 126 Å². The van der Waals surface area contributed by atoms with Crippen LogP contribution in [0, 0.1) is 0 Å². The van der Waals surface area contributed by atoms with Gasteiger partial charge in [-0.15, -0.1) is 0 Å². The van der Waals surface area contributed by atoms with E-state index in [2.05, 4.69) is 24.3 Å². The van der Waals surface area contributed by atoms with Gasteiger partial charge < -0.3 is 10.2 Å². The van der Waals surface area contributed by atoms with E-state index in [0.717, 1.165) is 24.8 Å². The first-order valence-corrected chi connectivity index (χ1v) is 7.66. The molecule has 2 nitrogen and oxygen atoms in total. The molecule has 0 saturated carbocycles. The van der Waals surface area contributed by atoms with Gasteiger partial charge in [-0.25, -0.2) is 0 Å². The fourth-order valence-electron chi connectivity index (χ4n) is 3.48. The summed E-state index contributed by atoms with van der Waals surface area (Å²) in [6.07, 6.45) is 4.18. The van der Waals surface area contributed by atoms with E-state index in [1.54, 1.807) is 12.1 Å². The topological polar surface area (TPSA) is 40.5 Å². The highest BCUT2D eigenvalue weighted by atomic mass is 16.3. The van der Waals surface area contributed by atoms with E-state index in [9.17, 15) is 10.2 Å². The number of rotatable bonds is 3. The van der Waals surface area contributed by atoms with Crippen molar-refractivity contribution < 1.29 is 10.2 Å². The number of hydrogen-bond donors (Lipinski definition) is 2. The Hall–Kier alpha value is -1.80. The molecule has 1 aliphatic rings. The molecule has 2 unspecified atom stereocenters. The zero-order valence-electron chi connectivity index (χ0n) is 12.4. The number of hydrogen-bond acceptors (Lipinski definition) is 2. The number of aryl methyl sites for hydroxylation is 1. The highest BCUT2D eigenvalue weighted by molar-refractivity contribution is 5.34. The van der Waals surface area contributed by atoms with Gasteiger partial charge in [-0.1, -0.05) is 36.4 Å². The summed E-state index contributed by atoms with van der Waals surface area (Å²) in [5.74, 6) is 0.635. The first-order chi connectivity index (χ1) is 10.1. The standard InChI is InChI=1S/C19H22O2/c1-19(21,16-9-11-17(20)12-10-16)13-15-7-4-6-14-5-2-3-8-18(14)15/h2-3,5,8-12,15,20-21H,4,6-7,13H2,1H3. The summed E-state index contributed by atoms with van der Waals surface area (Å²) in [5, 5.41) is 20.3. The average Bonchev–Trinajstić information content (AvgIpc) is 2.48. The van der Waals surface area contributed by atoms with Gasteiger partial charge in [-0.3, -0.25) is 0 Å². The van der Waals surface area contributed by atoms with Crippen LogP contribution in [0.5, 0.6) is 5.75 Å². The van der Waals surface area contributed by atoms with Gasteiger partial charge in [0.05, 0.1) is 5.60 Å². The van der Waals surface area contributed by atoms with Crippen LogP contribution in [0.3, 0.4) is 0 Å². The van der Waals surface area contributed by atoms with Crippen molar-refractivity contribution in [2.45, 2.75) is 44.1 Å². The summed E-state index contributed by atoms with van der Waals surface area (Å²) in [6.45, 7) is 1.87. The lowest BCUT2D eigenvalue weighted by molar-refractivity contribution is 0.0380. The molecule has 1 aliphatic carbocycles. The molecular formula is C19H22O2. The third kappa shape index (κ3) is 2.96. The highest BCUT2D eigenvalue weighted by Crippen LogP contribution is 2.40. The molecule has 0 aliphatic heterocycles. The lowest BCUT2D eigenvalue weighted by Gasteiger charge is -2.32. The summed E-state index contributed by atoms with van der Waals surface area (Å²) < 4.78 is 0. The van der Waals surface area contributed by atoms with E-state index < -0.39 is 5.60 Å². The van der Waals surface area contributed by atoms with Crippen LogP contribution in [-0.2, 0) is 12.0 Å². The molecule has 0 bridgehead atoms. The van der Waals surface area contributed by atoms with Gasteiger partial charge in [0.2, 0.25) is 0 Å². The molecule has 2 aromatic rings. The van der Waals surface area contributed by atoms with Gasteiger partial charge in [0.15, 0.2) is 0 Å². The van der Waals surface area contributed by atoms with Crippen LogP contribution in [0.4, 0.5) is 0 Å². The first-order valence-electron chi connectivity index (χ1n) is 7.66. The third-order valence-corrected chi connectivity index (χ3v) is 4.63. The van der Waals surface area contributed by atoms with E-state index in [-0.39, 0.29) is 5.75 Å². The summed E-state index contributed by atoms with van der Waals surface area (Å²) in [6, 6.07) is 15.5. The maximum absolute atomic E-state index is 10.9. The summed E-state index contributed by atoms with van der Waals surface area (Å²) in [4.78, 5) is 0. The van der Waals surface area contributed by atoms with Crippen LogP contribution in [0.2, 0.25) is 0 Å². The quantitative estimate of drug-likeness (QED) is 0.889. The Kier molecular flexibility index (Phi) is 3.73. The smallest absolute Gasteiger partial charge is 0.115 e. The number of fused-ring (bicyclic) bond motifs is 1. The van der Waals surface area contributed by atoms with E-state index in [1.165, 1.54) is 17.5 Å². The van der Waals surface area contributed by atoms with Crippen molar-refractivity contribution in [1.29, 1.82) is 0 Å². The molecule has 0 aromatic heterocycles. The molecule has 0 saturated heterocycles. The highest BCUT2D eigenvalue weighted by Gasteiger charge is 2.30. The predicted molar refractivity (Wildman–Crippen MR) is 84.4 cm³/mol. The number of phenolic OH excluding ortho intramolecular Hbond substituents is 1. The molecule has 0 fully saturated rings. The second-order valence-electron chi connectivity index (χ2n) is 6.31. The van der Waals surface area contributed by atoms with Crippen molar-refractivity contribution in [3.63, 3.8) is 0 Å². The molecule has 0 heterocycles. The molecule has 0 amide bonds. The molecule has 0 spiro atoms. The van der Waals surface area contributed by atoms with Crippen molar-refractivity contribution in [1.82, 2.24) is 0 Å². The first kappa shape index (κ1) is 14.2. The van der Waals surface area contributed by atoms with Gasteiger partial charge in [0.25, 0.3) is 0 Å². The fraction of sp³-hybridized carbons (Fsp3) is 0.368. The summed E-state index contributed by atoms with van der Waals surface area (Å²) in [5.41, 5.74) is 2.81. The Balaban J connectivity index is 1.84. The second kappa shape index (κ2) is 5.53. The second-order valence-corrected chi connectivity index (χ2v) is 6.31. The average molecular weight is 282 g/mol. The molecule has 21 heavy (non-hydrogen) atoms. The van der Waals surface area contributed by atoms with Crippen LogP contribution >= 0.6 is 0 Å². The lowest BCUT2D eigenvalue weighted by atomic mass is 9.75. The van der Waals surface area contributed by atoms with Crippen molar-refractivity contribution >= 4 is 0 Å².